The molecule has 0 aliphatic carbocycles. The van der Waals surface area contributed by atoms with Crippen molar-refractivity contribution in [2.75, 3.05) is 18.0 Å². The second-order valence-electron chi connectivity index (χ2n) is 4.66. The second kappa shape index (κ2) is 6.51. The van der Waals surface area contributed by atoms with Crippen LogP contribution in [0.3, 0.4) is 0 Å². The van der Waals surface area contributed by atoms with Gasteiger partial charge in [0.05, 0.1) is 0 Å². The molecule has 0 N–H and O–H groups in total. The van der Waals surface area contributed by atoms with Gasteiger partial charge in [0.1, 0.15) is 0 Å². The Morgan fingerprint density at radius 3 is 2.29 bits per heavy atom. The normalized spacial score (nSPS) is 17.6. The van der Waals surface area contributed by atoms with E-state index >= 15 is 0 Å². The van der Waals surface area contributed by atoms with Crippen molar-refractivity contribution >= 4 is 28.9 Å². The van der Waals surface area contributed by atoms with Gasteiger partial charge in [-0.25, -0.2) is 0 Å². The Balaban J connectivity index is 2.20. The van der Waals surface area contributed by atoms with Gasteiger partial charge in [-0.15, -0.1) is 11.6 Å². The molecule has 17 heavy (non-hydrogen) atoms. The highest BCUT2D eigenvalue weighted by Gasteiger charge is 2.12. The van der Waals surface area contributed by atoms with Gasteiger partial charge in [-0.2, -0.15) is 0 Å². The van der Waals surface area contributed by atoms with Crippen molar-refractivity contribution in [3.05, 3.63) is 28.8 Å². The molecule has 1 aliphatic heterocycles. The zero-order chi connectivity index (χ0) is 12.1. The first kappa shape index (κ1) is 13.0. The molecule has 2 rings (SSSR count). The monoisotopic (exact) mass is 271 g/mol. The molecule has 94 valence electrons. The highest BCUT2D eigenvalue weighted by molar-refractivity contribution is 6.31. The van der Waals surface area contributed by atoms with E-state index in [0.29, 0.717) is 5.88 Å². The number of hydrogen-bond acceptors (Lipinski definition) is 1. The topological polar surface area (TPSA) is 3.24 Å². The minimum Gasteiger partial charge on any atom is -0.371 e. The summed E-state index contributed by atoms with van der Waals surface area (Å²) < 4.78 is 0. The van der Waals surface area contributed by atoms with Crippen molar-refractivity contribution in [2.24, 2.45) is 0 Å². The quantitative estimate of drug-likeness (QED) is 0.696. The molecule has 0 saturated carbocycles. The summed E-state index contributed by atoms with van der Waals surface area (Å²) in [6, 6.07) is 6.02. The smallest absolute Gasteiger partial charge is 0.0494 e. The van der Waals surface area contributed by atoms with Crippen molar-refractivity contribution in [3.8, 4) is 0 Å². The molecule has 3 heteroatoms. The predicted molar refractivity (Wildman–Crippen MR) is 76.3 cm³/mol. The lowest BCUT2D eigenvalue weighted by Crippen LogP contribution is -2.27. The number of alkyl halides is 1. The van der Waals surface area contributed by atoms with Crippen LogP contribution in [0.4, 0.5) is 5.69 Å². The number of halogens is 2. The summed E-state index contributed by atoms with van der Waals surface area (Å²) in [6.45, 7) is 2.26. The molecule has 1 fully saturated rings. The lowest BCUT2D eigenvalue weighted by Gasteiger charge is -2.28. The number of benzene rings is 1. The second-order valence-corrected chi connectivity index (χ2v) is 5.37. The average molecular weight is 272 g/mol. The van der Waals surface area contributed by atoms with Crippen molar-refractivity contribution in [1.29, 1.82) is 0 Å². The number of anilines is 1. The van der Waals surface area contributed by atoms with Crippen molar-refractivity contribution < 1.29 is 0 Å². The largest absolute Gasteiger partial charge is 0.371 e. The third-order valence-corrected chi connectivity index (χ3v) is 3.91. The van der Waals surface area contributed by atoms with Gasteiger partial charge in [0.25, 0.3) is 0 Å². The van der Waals surface area contributed by atoms with E-state index in [0.717, 1.165) is 18.1 Å². The minimum absolute atomic E-state index is 0.559. The summed E-state index contributed by atoms with van der Waals surface area (Å²) in [4.78, 5) is 2.45. The highest BCUT2D eigenvalue weighted by Crippen LogP contribution is 2.28. The fraction of sp³-hybridized carbons (Fsp3) is 0.571. The van der Waals surface area contributed by atoms with Gasteiger partial charge in [-0.3, -0.25) is 0 Å². The molecule has 1 aromatic carbocycles. The van der Waals surface area contributed by atoms with Crippen LogP contribution >= 0.6 is 23.2 Å². The molecule has 1 aliphatic rings. The van der Waals surface area contributed by atoms with E-state index in [1.165, 1.54) is 43.4 Å². The van der Waals surface area contributed by atoms with Gasteiger partial charge >= 0.3 is 0 Å². The van der Waals surface area contributed by atoms with Crippen molar-refractivity contribution in [3.63, 3.8) is 0 Å². The molecule has 0 aromatic heterocycles. The molecule has 1 aromatic rings. The Morgan fingerprint density at radius 1 is 1.00 bits per heavy atom. The maximum absolute atomic E-state index is 6.10. The van der Waals surface area contributed by atoms with E-state index in [1.54, 1.807) is 0 Å². The molecule has 0 amide bonds. The molecule has 1 heterocycles. The maximum Gasteiger partial charge on any atom is 0.0494 e. The summed E-state index contributed by atoms with van der Waals surface area (Å²) in [6.07, 6.45) is 6.61. The molecule has 0 atom stereocenters. The van der Waals surface area contributed by atoms with Gasteiger partial charge < -0.3 is 4.90 Å². The summed E-state index contributed by atoms with van der Waals surface area (Å²) >= 11 is 12.1. The molecule has 0 radical (unpaired) electrons. The van der Waals surface area contributed by atoms with E-state index < -0.39 is 0 Å². The van der Waals surface area contributed by atoms with E-state index in [2.05, 4.69) is 11.0 Å². The maximum atomic E-state index is 6.10. The Bertz CT molecular complexity index is 357. The van der Waals surface area contributed by atoms with Crippen molar-refractivity contribution in [1.82, 2.24) is 0 Å². The van der Waals surface area contributed by atoms with Crippen LogP contribution in [0.2, 0.25) is 5.02 Å². The first-order valence-electron chi connectivity index (χ1n) is 6.40. The third kappa shape index (κ3) is 3.53. The summed E-state index contributed by atoms with van der Waals surface area (Å²) in [5.41, 5.74) is 2.42. The molecule has 0 spiro atoms. The Labute approximate surface area is 114 Å². The first-order chi connectivity index (χ1) is 8.31. The molecule has 1 nitrogen and oxygen atoms in total. The fourth-order valence-electron chi connectivity index (χ4n) is 2.43. The van der Waals surface area contributed by atoms with E-state index in [9.17, 15) is 0 Å². The zero-order valence-corrected chi connectivity index (χ0v) is 11.6. The van der Waals surface area contributed by atoms with E-state index in [1.807, 2.05) is 12.1 Å². The Kier molecular flexibility index (Phi) is 4.99. The summed E-state index contributed by atoms with van der Waals surface area (Å²) in [5.74, 6) is 0.559. The van der Waals surface area contributed by atoms with Crippen LogP contribution < -0.4 is 4.90 Å². The number of hydrogen-bond donors (Lipinski definition) is 0. The number of nitrogens with zero attached hydrogens (tertiary/aromatic N) is 1. The molecule has 1 saturated heterocycles. The molecular weight excluding hydrogens is 253 g/mol. The van der Waals surface area contributed by atoms with Crippen LogP contribution in [0.15, 0.2) is 18.2 Å². The molecular formula is C14H19Cl2N. The Morgan fingerprint density at radius 2 is 1.65 bits per heavy atom. The lowest BCUT2D eigenvalue weighted by molar-refractivity contribution is 0.556. The highest BCUT2D eigenvalue weighted by atomic mass is 35.5. The SMILES string of the molecule is ClCc1ccc(Cl)cc1N1CCCCCCC1. The standard InChI is InChI=1S/C14H19Cl2N/c15-11-12-6-7-13(16)10-14(12)17-8-4-2-1-3-5-9-17/h6-7,10H,1-5,8-9,11H2. The molecule has 0 bridgehead atoms. The van der Waals surface area contributed by atoms with Gasteiger partial charge in [-0.05, 0) is 30.5 Å². The van der Waals surface area contributed by atoms with Crippen molar-refractivity contribution in [2.45, 2.75) is 38.0 Å². The third-order valence-electron chi connectivity index (χ3n) is 3.39. The Hall–Kier alpha value is -0.400. The van der Waals surface area contributed by atoms with Gasteiger partial charge in [0, 0.05) is 29.7 Å². The molecule has 0 unspecified atom stereocenters. The van der Waals surface area contributed by atoms with E-state index in [4.69, 9.17) is 23.2 Å². The van der Waals surface area contributed by atoms with Crippen LogP contribution in [0.5, 0.6) is 0 Å². The van der Waals surface area contributed by atoms with Crippen LogP contribution in [0.25, 0.3) is 0 Å². The lowest BCUT2D eigenvalue weighted by atomic mass is 10.1. The summed E-state index contributed by atoms with van der Waals surface area (Å²) in [7, 11) is 0. The van der Waals surface area contributed by atoms with E-state index in [-0.39, 0.29) is 0 Å². The average Bonchev–Trinajstić information content (AvgIpc) is 2.28. The van der Waals surface area contributed by atoms with Crippen LogP contribution in [-0.2, 0) is 5.88 Å². The van der Waals surface area contributed by atoms with Gasteiger partial charge in [-0.1, -0.05) is 36.9 Å². The zero-order valence-electron chi connectivity index (χ0n) is 10.1. The minimum atomic E-state index is 0.559. The van der Waals surface area contributed by atoms with Crippen LogP contribution in [0, 0.1) is 0 Å². The van der Waals surface area contributed by atoms with Gasteiger partial charge in [0.15, 0.2) is 0 Å². The predicted octanol–water partition coefficient (Wildman–Crippen LogP) is 4.85. The summed E-state index contributed by atoms with van der Waals surface area (Å²) in [5, 5.41) is 0.802. The fourth-order valence-corrected chi connectivity index (χ4v) is 2.83. The van der Waals surface area contributed by atoms with Crippen LogP contribution in [0.1, 0.15) is 37.7 Å². The first-order valence-corrected chi connectivity index (χ1v) is 7.32. The van der Waals surface area contributed by atoms with Crippen LogP contribution in [-0.4, -0.2) is 13.1 Å². The van der Waals surface area contributed by atoms with Gasteiger partial charge in [0.2, 0.25) is 0 Å². The number of rotatable bonds is 2.